The molecule has 0 spiro atoms. The highest BCUT2D eigenvalue weighted by Crippen LogP contribution is 2.23. The summed E-state index contributed by atoms with van der Waals surface area (Å²) in [6, 6.07) is 6.25. The van der Waals surface area contributed by atoms with Crippen molar-refractivity contribution in [2.75, 3.05) is 0 Å². The molecular formula is C13H13N3O. The summed E-state index contributed by atoms with van der Waals surface area (Å²) in [4.78, 5) is 11.8. The third-order valence-electron chi connectivity index (χ3n) is 2.92. The molecule has 0 aliphatic carbocycles. The zero-order valence-corrected chi connectivity index (χ0v) is 9.82. The molecule has 0 fully saturated rings. The average Bonchev–Trinajstić information content (AvgIpc) is 2.93. The maximum absolute atomic E-state index is 5.33. The Morgan fingerprint density at radius 1 is 1.35 bits per heavy atom. The van der Waals surface area contributed by atoms with E-state index in [9.17, 15) is 0 Å². The van der Waals surface area contributed by atoms with Gasteiger partial charge in [0.15, 0.2) is 18.0 Å². The van der Waals surface area contributed by atoms with Gasteiger partial charge in [-0.2, -0.15) is 0 Å². The summed E-state index contributed by atoms with van der Waals surface area (Å²) in [6.45, 7) is 4.04. The van der Waals surface area contributed by atoms with E-state index in [4.69, 9.17) is 4.42 Å². The van der Waals surface area contributed by atoms with Crippen LogP contribution >= 0.6 is 0 Å². The van der Waals surface area contributed by atoms with Crippen molar-refractivity contribution in [3.05, 3.63) is 35.9 Å². The van der Waals surface area contributed by atoms with Gasteiger partial charge >= 0.3 is 0 Å². The maximum atomic E-state index is 5.33. The van der Waals surface area contributed by atoms with Crippen LogP contribution < -0.4 is 0 Å². The molecule has 0 radical (unpaired) electrons. The number of aryl methyl sites for hydroxylation is 2. The normalized spacial score (nSPS) is 11.2. The summed E-state index contributed by atoms with van der Waals surface area (Å²) in [5, 5.41) is 0. The highest BCUT2D eigenvalue weighted by atomic mass is 16.3. The molecule has 0 aliphatic rings. The number of fused-ring (bicyclic) bond motifs is 1. The Labute approximate surface area is 98.7 Å². The van der Waals surface area contributed by atoms with Crippen molar-refractivity contribution in [3.8, 4) is 11.6 Å². The second-order valence-corrected chi connectivity index (χ2v) is 4.06. The molecule has 0 saturated carbocycles. The Bertz CT molecular complexity index is 666. The topological polar surface area (TPSA) is 54.7 Å². The predicted octanol–water partition coefficient (Wildman–Crippen LogP) is 3.09. The first-order chi connectivity index (χ1) is 8.28. The van der Waals surface area contributed by atoms with Crippen molar-refractivity contribution in [3.63, 3.8) is 0 Å². The van der Waals surface area contributed by atoms with Gasteiger partial charge in [-0.25, -0.2) is 9.97 Å². The molecule has 2 heterocycles. The van der Waals surface area contributed by atoms with Gasteiger partial charge in [-0.15, -0.1) is 0 Å². The average molecular weight is 227 g/mol. The fraction of sp³-hybridized carbons (Fsp3) is 0.231. The number of aromatic nitrogens is 3. The van der Waals surface area contributed by atoms with E-state index in [2.05, 4.69) is 34.0 Å². The van der Waals surface area contributed by atoms with Crippen LogP contribution in [0.4, 0.5) is 0 Å². The van der Waals surface area contributed by atoms with E-state index >= 15 is 0 Å². The summed E-state index contributed by atoms with van der Waals surface area (Å²) in [5.74, 6) is 1.45. The number of hydrogen-bond acceptors (Lipinski definition) is 3. The SMILES string of the molecule is CCc1ccc2nc(-c3ocnc3C)[nH]c2c1. The highest BCUT2D eigenvalue weighted by Gasteiger charge is 2.11. The first-order valence-electron chi connectivity index (χ1n) is 5.67. The molecule has 4 heteroatoms. The maximum Gasteiger partial charge on any atom is 0.192 e. The Hall–Kier alpha value is -2.10. The molecule has 0 aliphatic heterocycles. The molecule has 3 rings (SSSR count). The molecule has 1 N–H and O–H groups in total. The third kappa shape index (κ3) is 1.62. The van der Waals surface area contributed by atoms with Crippen molar-refractivity contribution < 1.29 is 4.42 Å². The monoisotopic (exact) mass is 227 g/mol. The van der Waals surface area contributed by atoms with E-state index in [1.165, 1.54) is 12.0 Å². The third-order valence-corrected chi connectivity index (χ3v) is 2.92. The van der Waals surface area contributed by atoms with E-state index in [0.717, 1.165) is 29.0 Å². The zero-order valence-electron chi connectivity index (χ0n) is 9.82. The minimum Gasteiger partial charge on any atom is -0.440 e. The lowest BCUT2D eigenvalue weighted by Crippen LogP contribution is -1.80. The predicted molar refractivity (Wildman–Crippen MR) is 65.7 cm³/mol. The van der Waals surface area contributed by atoms with Gasteiger partial charge in [0.2, 0.25) is 0 Å². The Balaban J connectivity index is 2.17. The van der Waals surface area contributed by atoms with Gasteiger partial charge in [0.25, 0.3) is 0 Å². The second-order valence-electron chi connectivity index (χ2n) is 4.06. The number of imidazole rings is 1. The lowest BCUT2D eigenvalue weighted by molar-refractivity contribution is 0.567. The highest BCUT2D eigenvalue weighted by molar-refractivity contribution is 5.79. The number of rotatable bonds is 2. The van der Waals surface area contributed by atoms with E-state index in [1.807, 2.05) is 13.0 Å². The number of H-pyrrole nitrogens is 1. The van der Waals surface area contributed by atoms with E-state index in [1.54, 1.807) is 0 Å². The number of hydrogen-bond donors (Lipinski definition) is 1. The van der Waals surface area contributed by atoms with Crippen LogP contribution in [0.25, 0.3) is 22.6 Å². The molecule has 0 atom stereocenters. The van der Waals surface area contributed by atoms with E-state index < -0.39 is 0 Å². The van der Waals surface area contributed by atoms with Crippen LogP contribution in [0.15, 0.2) is 29.0 Å². The zero-order chi connectivity index (χ0) is 11.8. The summed E-state index contributed by atoms with van der Waals surface area (Å²) in [5.41, 5.74) is 4.13. The molecule has 0 amide bonds. The van der Waals surface area contributed by atoms with E-state index in [0.29, 0.717) is 5.76 Å². The van der Waals surface area contributed by atoms with Crippen molar-refractivity contribution in [1.82, 2.24) is 15.0 Å². The number of nitrogens with zero attached hydrogens (tertiary/aromatic N) is 2. The molecule has 86 valence electrons. The first kappa shape index (κ1) is 10.1. The van der Waals surface area contributed by atoms with Crippen molar-refractivity contribution in [2.45, 2.75) is 20.3 Å². The smallest absolute Gasteiger partial charge is 0.192 e. The number of aromatic amines is 1. The van der Waals surface area contributed by atoms with Gasteiger partial charge < -0.3 is 9.40 Å². The summed E-state index contributed by atoms with van der Waals surface area (Å²) in [7, 11) is 0. The standard InChI is InChI=1S/C13H13N3O/c1-3-9-4-5-10-11(6-9)16-13(15-10)12-8(2)14-7-17-12/h4-7H,3H2,1-2H3,(H,15,16). The minimum atomic E-state index is 0.708. The lowest BCUT2D eigenvalue weighted by atomic mass is 10.1. The molecule has 3 aromatic rings. The lowest BCUT2D eigenvalue weighted by Gasteiger charge is -1.93. The Kier molecular flexibility index (Phi) is 2.21. The molecular weight excluding hydrogens is 214 g/mol. The summed E-state index contributed by atoms with van der Waals surface area (Å²) in [6.07, 6.45) is 2.46. The van der Waals surface area contributed by atoms with Crippen molar-refractivity contribution in [2.24, 2.45) is 0 Å². The minimum absolute atomic E-state index is 0.708. The van der Waals surface area contributed by atoms with Crippen LogP contribution in [0.1, 0.15) is 18.2 Å². The van der Waals surface area contributed by atoms with Gasteiger partial charge in [-0.3, -0.25) is 0 Å². The molecule has 2 aromatic heterocycles. The van der Waals surface area contributed by atoms with Crippen LogP contribution in [0.2, 0.25) is 0 Å². The van der Waals surface area contributed by atoms with Gasteiger partial charge in [0.05, 0.1) is 16.7 Å². The van der Waals surface area contributed by atoms with Crippen LogP contribution in [0.3, 0.4) is 0 Å². The number of nitrogens with one attached hydrogen (secondary N) is 1. The first-order valence-corrected chi connectivity index (χ1v) is 5.67. The van der Waals surface area contributed by atoms with Gasteiger partial charge in [-0.1, -0.05) is 13.0 Å². The molecule has 17 heavy (non-hydrogen) atoms. The number of oxazole rings is 1. The summed E-state index contributed by atoms with van der Waals surface area (Å²) < 4.78 is 5.33. The van der Waals surface area contributed by atoms with Gasteiger partial charge in [0, 0.05) is 0 Å². The van der Waals surface area contributed by atoms with Crippen molar-refractivity contribution >= 4 is 11.0 Å². The molecule has 0 bridgehead atoms. The molecule has 0 saturated heterocycles. The van der Waals surface area contributed by atoms with Gasteiger partial charge in [-0.05, 0) is 31.0 Å². The fourth-order valence-corrected chi connectivity index (χ4v) is 1.91. The van der Waals surface area contributed by atoms with Gasteiger partial charge in [0.1, 0.15) is 0 Å². The van der Waals surface area contributed by atoms with Crippen LogP contribution in [-0.4, -0.2) is 15.0 Å². The quantitative estimate of drug-likeness (QED) is 0.731. The summed E-state index contributed by atoms with van der Waals surface area (Å²) >= 11 is 0. The van der Waals surface area contributed by atoms with Crippen molar-refractivity contribution in [1.29, 1.82) is 0 Å². The fourth-order valence-electron chi connectivity index (χ4n) is 1.91. The number of benzene rings is 1. The van der Waals surface area contributed by atoms with Crippen LogP contribution in [-0.2, 0) is 6.42 Å². The second kappa shape index (κ2) is 3.73. The van der Waals surface area contributed by atoms with Crippen LogP contribution in [0, 0.1) is 6.92 Å². The molecule has 4 nitrogen and oxygen atoms in total. The largest absolute Gasteiger partial charge is 0.440 e. The Morgan fingerprint density at radius 2 is 2.24 bits per heavy atom. The molecule has 1 aromatic carbocycles. The molecule has 0 unspecified atom stereocenters. The Morgan fingerprint density at radius 3 is 2.94 bits per heavy atom. The van der Waals surface area contributed by atoms with Crippen LogP contribution in [0.5, 0.6) is 0 Å². The van der Waals surface area contributed by atoms with E-state index in [-0.39, 0.29) is 0 Å².